The number of rotatable bonds is 2. The molecule has 0 unspecified atom stereocenters. The summed E-state index contributed by atoms with van der Waals surface area (Å²) in [6.45, 7) is 0. The van der Waals surface area contributed by atoms with Crippen molar-refractivity contribution >= 4 is 11.6 Å². The Morgan fingerprint density at radius 3 is 3.06 bits per heavy atom. The van der Waals surface area contributed by atoms with Gasteiger partial charge < -0.3 is 11.1 Å². The molecule has 0 saturated carbocycles. The first kappa shape index (κ1) is 10.1. The van der Waals surface area contributed by atoms with Crippen LogP contribution in [-0.4, -0.2) is 32.7 Å². The van der Waals surface area contributed by atoms with Crippen molar-refractivity contribution < 1.29 is 4.79 Å². The minimum atomic E-state index is -0.258. The fourth-order valence-electron chi connectivity index (χ4n) is 1.22. The lowest BCUT2D eigenvalue weighted by Gasteiger charge is -2.02. The van der Waals surface area contributed by atoms with E-state index in [1.54, 1.807) is 19.3 Å². The number of anilines is 1. The number of hydrogen-bond acceptors (Lipinski definition) is 5. The second-order valence-electron chi connectivity index (χ2n) is 3.03. The lowest BCUT2D eigenvalue weighted by atomic mass is 10.4. The van der Waals surface area contributed by atoms with Crippen LogP contribution in [0, 0.1) is 0 Å². The number of amides is 1. The van der Waals surface area contributed by atoms with E-state index in [2.05, 4.69) is 20.4 Å². The highest BCUT2D eigenvalue weighted by Crippen LogP contribution is 2.10. The monoisotopic (exact) mass is 218 g/mol. The SMILES string of the molecule is CNC(=O)c1ccn(-c2ncncc2N)n1. The third-order valence-electron chi connectivity index (χ3n) is 1.98. The molecule has 1 amide bonds. The molecule has 2 heterocycles. The summed E-state index contributed by atoms with van der Waals surface area (Å²) < 4.78 is 1.43. The standard InChI is InChI=1S/C9H10N6O/c1-11-9(16)7-2-3-15(14-7)8-6(10)4-12-5-13-8/h2-5H,10H2,1H3,(H,11,16). The van der Waals surface area contributed by atoms with Crippen molar-refractivity contribution in [3.8, 4) is 5.82 Å². The molecule has 0 atom stereocenters. The van der Waals surface area contributed by atoms with E-state index in [0.717, 1.165) is 0 Å². The molecule has 2 aromatic rings. The fourth-order valence-corrected chi connectivity index (χ4v) is 1.22. The Labute approximate surface area is 91.3 Å². The summed E-state index contributed by atoms with van der Waals surface area (Å²) in [6, 6.07) is 1.58. The predicted molar refractivity (Wildman–Crippen MR) is 57.0 cm³/mol. The molecule has 0 saturated heterocycles. The molecular formula is C9H10N6O. The van der Waals surface area contributed by atoms with Gasteiger partial charge in [-0.2, -0.15) is 5.10 Å². The highest BCUT2D eigenvalue weighted by atomic mass is 16.1. The molecule has 0 spiro atoms. The maximum atomic E-state index is 11.3. The van der Waals surface area contributed by atoms with Crippen LogP contribution in [0.5, 0.6) is 0 Å². The van der Waals surface area contributed by atoms with Gasteiger partial charge in [0.1, 0.15) is 6.33 Å². The normalized spacial score (nSPS) is 10.1. The highest BCUT2D eigenvalue weighted by Gasteiger charge is 2.10. The van der Waals surface area contributed by atoms with Crippen LogP contribution in [0.2, 0.25) is 0 Å². The van der Waals surface area contributed by atoms with Gasteiger partial charge in [0.2, 0.25) is 0 Å². The molecule has 16 heavy (non-hydrogen) atoms. The van der Waals surface area contributed by atoms with E-state index >= 15 is 0 Å². The van der Waals surface area contributed by atoms with Crippen molar-refractivity contribution in [1.29, 1.82) is 0 Å². The Bertz CT molecular complexity index is 520. The van der Waals surface area contributed by atoms with Crippen molar-refractivity contribution in [2.75, 3.05) is 12.8 Å². The van der Waals surface area contributed by atoms with Crippen LogP contribution in [0.25, 0.3) is 5.82 Å². The Morgan fingerprint density at radius 2 is 2.38 bits per heavy atom. The van der Waals surface area contributed by atoms with Crippen LogP contribution >= 0.6 is 0 Å². The molecule has 0 aliphatic rings. The van der Waals surface area contributed by atoms with Gasteiger partial charge in [0.05, 0.1) is 11.9 Å². The highest BCUT2D eigenvalue weighted by molar-refractivity contribution is 5.91. The zero-order valence-electron chi connectivity index (χ0n) is 8.58. The number of carbonyl (C=O) groups excluding carboxylic acids is 1. The Hall–Kier alpha value is -2.44. The van der Waals surface area contributed by atoms with Crippen LogP contribution in [0.4, 0.5) is 5.69 Å². The van der Waals surface area contributed by atoms with Gasteiger partial charge in [0.25, 0.3) is 5.91 Å². The smallest absolute Gasteiger partial charge is 0.271 e. The molecule has 3 N–H and O–H groups in total. The lowest BCUT2D eigenvalue weighted by molar-refractivity contribution is 0.0957. The first-order chi connectivity index (χ1) is 7.72. The van der Waals surface area contributed by atoms with Crippen LogP contribution in [-0.2, 0) is 0 Å². The summed E-state index contributed by atoms with van der Waals surface area (Å²) >= 11 is 0. The fraction of sp³-hybridized carbons (Fsp3) is 0.111. The molecule has 0 radical (unpaired) electrons. The van der Waals surface area contributed by atoms with Gasteiger partial charge in [-0.1, -0.05) is 0 Å². The summed E-state index contributed by atoms with van der Waals surface area (Å²) in [5.74, 6) is 0.191. The number of nitrogen functional groups attached to an aromatic ring is 1. The van der Waals surface area contributed by atoms with E-state index < -0.39 is 0 Å². The molecule has 0 aromatic carbocycles. The van der Waals surface area contributed by atoms with E-state index in [9.17, 15) is 4.79 Å². The second kappa shape index (κ2) is 3.97. The summed E-state index contributed by atoms with van der Waals surface area (Å²) in [5.41, 5.74) is 6.39. The summed E-state index contributed by atoms with van der Waals surface area (Å²) in [5, 5.41) is 6.53. The number of hydrogen-bond donors (Lipinski definition) is 2. The molecule has 82 valence electrons. The summed E-state index contributed by atoms with van der Waals surface area (Å²) in [4.78, 5) is 19.0. The first-order valence-corrected chi connectivity index (χ1v) is 4.56. The maximum Gasteiger partial charge on any atom is 0.271 e. The minimum absolute atomic E-state index is 0.258. The van der Waals surface area contributed by atoms with Gasteiger partial charge in [-0.05, 0) is 6.07 Å². The van der Waals surface area contributed by atoms with E-state index in [-0.39, 0.29) is 5.91 Å². The van der Waals surface area contributed by atoms with Gasteiger partial charge in [0, 0.05) is 13.2 Å². The molecule has 0 aliphatic carbocycles. The molecule has 7 nitrogen and oxygen atoms in total. The Kier molecular flexibility index (Phi) is 2.50. The number of nitrogens with zero attached hydrogens (tertiary/aromatic N) is 4. The van der Waals surface area contributed by atoms with E-state index in [1.807, 2.05) is 0 Å². The van der Waals surface area contributed by atoms with Crippen LogP contribution < -0.4 is 11.1 Å². The van der Waals surface area contributed by atoms with Crippen molar-refractivity contribution in [3.63, 3.8) is 0 Å². The van der Waals surface area contributed by atoms with Crippen LogP contribution in [0.1, 0.15) is 10.5 Å². The third-order valence-corrected chi connectivity index (χ3v) is 1.98. The van der Waals surface area contributed by atoms with E-state index in [4.69, 9.17) is 5.73 Å². The second-order valence-corrected chi connectivity index (χ2v) is 3.03. The topological polar surface area (TPSA) is 98.7 Å². The Balaban J connectivity index is 2.39. The molecule has 7 heteroatoms. The van der Waals surface area contributed by atoms with Gasteiger partial charge in [-0.3, -0.25) is 4.79 Å². The van der Waals surface area contributed by atoms with E-state index in [1.165, 1.54) is 17.2 Å². The number of nitrogens with one attached hydrogen (secondary N) is 1. The van der Waals surface area contributed by atoms with Gasteiger partial charge in [0.15, 0.2) is 11.5 Å². The van der Waals surface area contributed by atoms with Crippen LogP contribution in [0.3, 0.4) is 0 Å². The molecule has 0 bridgehead atoms. The Morgan fingerprint density at radius 1 is 1.56 bits per heavy atom. The number of aromatic nitrogens is 4. The molecule has 0 fully saturated rings. The van der Waals surface area contributed by atoms with Crippen molar-refractivity contribution in [3.05, 3.63) is 30.5 Å². The van der Waals surface area contributed by atoms with Crippen molar-refractivity contribution in [2.24, 2.45) is 0 Å². The predicted octanol–water partition coefficient (Wildman–Crippen LogP) is -0.396. The first-order valence-electron chi connectivity index (χ1n) is 4.56. The zero-order chi connectivity index (χ0) is 11.5. The van der Waals surface area contributed by atoms with Gasteiger partial charge >= 0.3 is 0 Å². The molecule has 2 aromatic heterocycles. The van der Waals surface area contributed by atoms with Crippen LogP contribution in [0.15, 0.2) is 24.8 Å². The number of carbonyl (C=O) groups is 1. The maximum absolute atomic E-state index is 11.3. The lowest BCUT2D eigenvalue weighted by Crippen LogP contribution is -2.18. The van der Waals surface area contributed by atoms with Gasteiger partial charge in [-0.15, -0.1) is 0 Å². The minimum Gasteiger partial charge on any atom is -0.394 e. The molecule has 0 aliphatic heterocycles. The molecular weight excluding hydrogens is 208 g/mol. The van der Waals surface area contributed by atoms with E-state index in [0.29, 0.717) is 17.2 Å². The number of nitrogens with two attached hydrogens (primary N) is 1. The quantitative estimate of drug-likeness (QED) is 0.714. The summed E-state index contributed by atoms with van der Waals surface area (Å²) in [7, 11) is 1.54. The van der Waals surface area contributed by atoms with Crippen molar-refractivity contribution in [2.45, 2.75) is 0 Å². The average Bonchev–Trinajstić information content (AvgIpc) is 2.78. The average molecular weight is 218 g/mol. The molecule has 2 rings (SSSR count). The third kappa shape index (κ3) is 1.70. The van der Waals surface area contributed by atoms with Crippen molar-refractivity contribution in [1.82, 2.24) is 25.1 Å². The van der Waals surface area contributed by atoms with Gasteiger partial charge in [-0.25, -0.2) is 14.6 Å². The zero-order valence-corrected chi connectivity index (χ0v) is 8.58. The largest absolute Gasteiger partial charge is 0.394 e. The summed E-state index contributed by atoms with van der Waals surface area (Å²) in [6.07, 6.45) is 4.46.